The molecule has 1 aliphatic heterocycles. The summed E-state index contributed by atoms with van der Waals surface area (Å²) in [6, 6.07) is -0.228. The Balaban J connectivity index is 2.26. The van der Waals surface area contributed by atoms with E-state index in [9.17, 15) is 9.59 Å². The van der Waals surface area contributed by atoms with Gasteiger partial charge in [0.2, 0.25) is 0 Å². The van der Waals surface area contributed by atoms with E-state index in [-0.39, 0.29) is 24.5 Å². The lowest BCUT2D eigenvalue weighted by Gasteiger charge is -2.19. The topological polar surface area (TPSA) is 87.7 Å². The standard InChI is InChI=1S/C15H28N2O4/c1-10(2)6-12(7-14(18)19)8-16-15(20)17-9-13-4-5-21-11(13)3/h10-13H,4-9H2,1-3H3,(H,18,19)(H2,16,17,20)/t11?,12-,13?/m0/s1. The fourth-order valence-corrected chi connectivity index (χ4v) is 2.72. The minimum atomic E-state index is -0.820. The maximum Gasteiger partial charge on any atom is 0.314 e. The van der Waals surface area contributed by atoms with Gasteiger partial charge in [-0.25, -0.2) is 4.79 Å². The number of aliphatic carboxylic acids is 1. The van der Waals surface area contributed by atoms with Crippen LogP contribution in [0.5, 0.6) is 0 Å². The third kappa shape index (κ3) is 7.32. The minimum Gasteiger partial charge on any atom is -0.481 e. The summed E-state index contributed by atoms with van der Waals surface area (Å²) < 4.78 is 5.45. The van der Waals surface area contributed by atoms with E-state index in [1.807, 2.05) is 6.92 Å². The summed E-state index contributed by atoms with van der Waals surface area (Å²) in [4.78, 5) is 22.6. The zero-order valence-electron chi connectivity index (χ0n) is 13.2. The highest BCUT2D eigenvalue weighted by Crippen LogP contribution is 2.19. The monoisotopic (exact) mass is 300 g/mol. The third-order valence-corrected chi connectivity index (χ3v) is 3.88. The molecule has 0 bridgehead atoms. The van der Waals surface area contributed by atoms with Crippen LogP contribution in [0, 0.1) is 17.8 Å². The average Bonchev–Trinajstić information content (AvgIpc) is 2.77. The van der Waals surface area contributed by atoms with Gasteiger partial charge in [-0.05, 0) is 31.6 Å². The Labute approximate surface area is 126 Å². The van der Waals surface area contributed by atoms with Crippen LogP contribution in [0.25, 0.3) is 0 Å². The molecule has 3 N–H and O–H groups in total. The van der Waals surface area contributed by atoms with Crippen molar-refractivity contribution in [1.29, 1.82) is 0 Å². The van der Waals surface area contributed by atoms with Crippen molar-refractivity contribution in [3.05, 3.63) is 0 Å². The summed E-state index contributed by atoms with van der Waals surface area (Å²) in [5.74, 6) is -0.0706. The molecule has 0 saturated carbocycles. The van der Waals surface area contributed by atoms with E-state index in [1.54, 1.807) is 0 Å². The van der Waals surface area contributed by atoms with E-state index in [4.69, 9.17) is 9.84 Å². The first-order valence-corrected chi connectivity index (χ1v) is 7.73. The number of carboxylic acids is 1. The van der Waals surface area contributed by atoms with Gasteiger partial charge >= 0.3 is 12.0 Å². The Morgan fingerprint density at radius 3 is 2.57 bits per heavy atom. The first kappa shape index (κ1) is 17.8. The lowest BCUT2D eigenvalue weighted by molar-refractivity contribution is -0.138. The van der Waals surface area contributed by atoms with Gasteiger partial charge in [-0.2, -0.15) is 0 Å². The normalized spacial score (nSPS) is 23.0. The molecule has 0 aromatic heterocycles. The Morgan fingerprint density at radius 1 is 1.33 bits per heavy atom. The molecular formula is C15H28N2O4. The lowest BCUT2D eigenvalue weighted by atomic mass is 9.94. The maximum absolute atomic E-state index is 11.8. The smallest absolute Gasteiger partial charge is 0.314 e. The summed E-state index contributed by atoms with van der Waals surface area (Å²) >= 11 is 0. The van der Waals surface area contributed by atoms with Gasteiger partial charge in [-0.1, -0.05) is 13.8 Å². The van der Waals surface area contributed by atoms with Crippen molar-refractivity contribution in [3.63, 3.8) is 0 Å². The van der Waals surface area contributed by atoms with E-state index < -0.39 is 5.97 Å². The van der Waals surface area contributed by atoms with Gasteiger partial charge in [0, 0.05) is 32.0 Å². The number of carboxylic acid groups (broad SMARTS) is 1. The van der Waals surface area contributed by atoms with Crippen LogP contribution in [-0.4, -0.2) is 42.9 Å². The van der Waals surface area contributed by atoms with Crippen molar-refractivity contribution in [2.24, 2.45) is 17.8 Å². The molecule has 0 aromatic carbocycles. The molecule has 0 aromatic rings. The minimum absolute atomic E-state index is 0.0259. The van der Waals surface area contributed by atoms with Crippen LogP contribution < -0.4 is 10.6 Å². The van der Waals surface area contributed by atoms with Crippen molar-refractivity contribution in [3.8, 4) is 0 Å². The zero-order valence-corrected chi connectivity index (χ0v) is 13.2. The van der Waals surface area contributed by atoms with Gasteiger partial charge in [-0.15, -0.1) is 0 Å². The van der Waals surface area contributed by atoms with E-state index in [2.05, 4.69) is 24.5 Å². The van der Waals surface area contributed by atoms with Crippen LogP contribution in [0.15, 0.2) is 0 Å². The first-order valence-electron chi connectivity index (χ1n) is 7.73. The van der Waals surface area contributed by atoms with Gasteiger partial charge in [0.1, 0.15) is 0 Å². The molecule has 1 heterocycles. The van der Waals surface area contributed by atoms with Gasteiger partial charge in [-0.3, -0.25) is 4.79 Å². The molecule has 6 heteroatoms. The number of amides is 2. The molecular weight excluding hydrogens is 272 g/mol. The van der Waals surface area contributed by atoms with Crippen molar-refractivity contribution in [2.45, 2.75) is 46.1 Å². The average molecular weight is 300 g/mol. The van der Waals surface area contributed by atoms with Crippen LogP contribution in [-0.2, 0) is 9.53 Å². The molecule has 1 rings (SSSR count). The predicted octanol–water partition coefficient (Wildman–Crippen LogP) is 1.85. The van der Waals surface area contributed by atoms with Crippen molar-refractivity contribution in [2.75, 3.05) is 19.7 Å². The molecule has 6 nitrogen and oxygen atoms in total. The molecule has 1 fully saturated rings. The Bertz CT molecular complexity index is 347. The summed E-state index contributed by atoms with van der Waals surface area (Å²) in [5.41, 5.74) is 0. The number of carbonyl (C=O) groups excluding carboxylic acids is 1. The highest BCUT2D eigenvalue weighted by atomic mass is 16.5. The SMILES string of the molecule is CC(C)C[C@H](CNC(=O)NCC1CCOC1C)CC(=O)O. The molecule has 2 amide bonds. The van der Waals surface area contributed by atoms with E-state index in [0.717, 1.165) is 19.4 Å². The number of nitrogens with one attached hydrogen (secondary N) is 2. The molecule has 1 saturated heterocycles. The molecule has 21 heavy (non-hydrogen) atoms. The van der Waals surface area contributed by atoms with E-state index in [0.29, 0.717) is 24.9 Å². The molecule has 1 aliphatic rings. The Kier molecular flexibility index (Phi) is 7.50. The summed E-state index contributed by atoms with van der Waals surface area (Å²) in [7, 11) is 0. The molecule has 0 radical (unpaired) electrons. The largest absolute Gasteiger partial charge is 0.481 e. The molecule has 2 unspecified atom stereocenters. The molecule has 122 valence electrons. The van der Waals surface area contributed by atoms with Gasteiger partial charge in [0.05, 0.1) is 6.10 Å². The van der Waals surface area contributed by atoms with Crippen molar-refractivity contribution in [1.82, 2.24) is 10.6 Å². The van der Waals surface area contributed by atoms with Crippen LogP contribution in [0.3, 0.4) is 0 Å². The number of carbonyl (C=O) groups is 2. The van der Waals surface area contributed by atoms with Crippen LogP contribution in [0.1, 0.15) is 40.0 Å². The highest BCUT2D eigenvalue weighted by molar-refractivity contribution is 5.74. The quantitative estimate of drug-likeness (QED) is 0.638. The number of urea groups is 1. The number of rotatable bonds is 8. The summed E-state index contributed by atoms with van der Waals surface area (Å²) in [6.45, 7) is 7.87. The van der Waals surface area contributed by atoms with Crippen molar-refractivity contribution < 1.29 is 19.4 Å². The van der Waals surface area contributed by atoms with Gasteiger partial charge < -0.3 is 20.5 Å². The first-order chi connectivity index (χ1) is 9.88. The Morgan fingerprint density at radius 2 is 2.05 bits per heavy atom. The zero-order chi connectivity index (χ0) is 15.8. The summed E-state index contributed by atoms with van der Waals surface area (Å²) in [5, 5.41) is 14.5. The van der Waals surface area contributed by atoms with E-state index >= 15 is 0 Å². The number of hydrogen-bond donors (Lipinski definition) is 3. The fraction of sp³-hybridized carbons (Fsp3) is 0.867. The third-order valence-electron chi connectivity index (χ3n) is 3.88. The second kappa shape index (κ2) is 8.87. The Hall–Kier alpha value is -1.30. The maximum atomic E-state index is 11.8. The fourth-order valence-electron chi connectivity index (χ4n) is 2.72. The van der Waals surface area contributed by atoms with Gasteiger partial charge in [0.15, 0.2) is 0 Å². The molecule has 0 aliphatic carbocycles. The van der Waals surface area contributed by atoms with E-state index in [1.165, 1.54) is 0 Å². The van der Waals surface area contributed by atoms with Crippen LogP contribution in [0.2, 0.25) is 0 Å². The number of ether oxygens (including phenoxy) is 1. The molecule has 0 spiro atoms. The number of hydrogen-bond acceptors (Lipinski definition) is 3. The summed E-state index contributed by atoms with van der Waals surface area (Å²) in [6.07, 6.45) is 2.04. The van der Waals surface area contributed by atoms with Gasteiger partial charge in [0.25, 0.3) is 0 Å². The lowest BCUT2D eigenvalue weighted by Crippen LogP contribution is -2.41. The van der Waals surface area contributed by atoms with Crippen LogP contribution >= 0.6 is 0 Å². The van der Waals surface area contributed by atoms with Crippen LogP contribution in [0.4, 0.5) is 4.79 Å². The van der Waals surface area contributed by atoms with Crippen molar-refractivity contribution >= 4 is 12.0 Å². The second-order valence-corrected chi connectivity index (χ2v) is 6.31. The predicted molar refractivity (Wildman–Crippen MR) is 80.1 cm³/mol. The highest BCUT2D eigenvalue weighted by Gasteiger charge is 2.24. The second-order valence-electron chi connectivity index (χ2n) is 6.31. The molecule has 3 atom stereocenters.